The maximum absolute atomic E-state index is 6.55. The Balaban J connectivity index is 1.88. The van der Waals surface area contributed by atoms with Gasteiger partial charge in [-0.1, -0.05) is 18.2 Å². The van der Waals surface area contributed by atoms with E-state index in [9.17, 15) is 0 Å². The van der Waals surface area contributed by atoms with Gasteiger partial charge < -0.3 is 21.1 Å². The van der Waals surface area contributed by atoms with E-state index < -0.39 is 5.54 Å². The average Bonchev–Trinajstić information content (AvgIpc) is 2.32. The van der Waals surface area contributed by atoms with Crippen molar-refractivity contribution in [3.8, 4) is 5.75 Å². The molecule has 102 valence electrons. The molecule has 4 nitrogen and oxygen atoms in total. The highest BCUT2D eigenvalue weighted by molar-refractivity contribution is 5.31. The number of likely N-dealkylation sites (N-methyl/N-ethyl adjacent to an activating group) is 1. The first-order chi connectivity index (χ1) is 8.99. The van der Waals surface area contributed by atoms with Crippen molar-refractivity contribution in [2.75, 3.05) is 20.1 Å². The van der Waals surface area contributed by atoms with E-state index in [1.54, 1.807) is 0 Å². The lowest BCUT2D eigenvalue weighted by atomic mass is 9.71. The fourth-order valence-electron chi connectivity index (χ4n) is 3.37. The van der Waals surface area contributed by atoms with Gasteiger partial charge in [-0.2, -0.15) is 0 Å². The molecule has 1 aliphatic carbocycles. The number of ether oxygens (including phenoxy) is 1. The maximum atomic E-state index is 6.55. The van der Waals surface area contributed by atoms with Crippen LogP contribution in [0.4, 0.5) is 0 Å². The Labute approximate surface area is 114 Å². The molecule has 0 radical (unpaired) electrons. The molecule has 0 saturated carbocycles. The van der Waals surface area contributed by atoms with Crippen LogP contribution in [-0.4, -0.2) is 36.1 Å². The molecule has 19 heavy (non-hydrogen) atoms. The Morgan fingerprint density at radius 2 is 1.89 bits per heavy atom. The monoisotopic (exact) mass is 259 g/mol. The van der Waals surface area contributed by atoms with E-state index in [2.05, 4.69) is 18.0 Å². The third-order valence-corrected chi connectivity index (χ3v) is 3.96. The fraction of sp³-hybridized carbons (Fsp3) is 0.467. The zero-order valence-corrected chi connectivity index (χ0v) is 11.3. The molecule has 0 amide bonds. The Morgan fingerprint density at radius 3 is 2.63 bits per heavy atom. The minimum Gasteiger partial charge on any atom is -0.460 e. The number of nitrogens with zero attached hydrogens (tertiary/aromatic N) is 1. The number of likely N-dealkylation sites (tertiary alicyclic amines) is 1. The minimum atomic E-state index is -0.476. The lowest BCUT2D eigenvalue weighted by molar-refractivity contribution is 0.0874. The third-order valence-electron chi connectivity index (χ3n) is 3.96. The molecule has 1 aromatic rings. The van der Waals surface area contributed by atoms with Gasteiger partial charge >= 0.3 is 0 Å². The fourth-order valence-corrected chi connectivity index (χ4v) is 3.37. The lowest BCUT2D eigenvalue weighted by Gasteiger charge is -2.51. The van der Waals surface area contributed by atoms with Gasteiger partial charge in [-0.25, -0.2) is 0 Å². The second kappa shape index (κ2) is 4.34. The number of benzene rings is 1. The van der Waals surface area contributed by atoms with E-state index in [1.807, 2.05) is 30.3 Å². The summed E-state index contributed by atoms with van der Waals surface area (Å²) in [4.78, 5) is 2.20. The van der Waals surface area contributed by atoms with Crippen molar-refractivity contribution in [1.29, 1.82) is 0 Å². The minimum absolute atomic E-state index is 0.217. The number of rotatable bonds is 2. The topological polar surface area (TPSA) is 64.5 Å². The Hall–Kier alpha value is -1.36. The summed E-state index contributed by atoms with van der Waals surface area (Å²) >= 11 is 0. The molecule has 2 unspecified atom stereocenters. The number of para-hydroxylation sites is 1. The highest BCUT2D eigenvalue weighted by Gasteiger charge is 2.48. The predicted octanol–water partition coefficient (Wildman–Crippen LogP) is 1.08. The third kappa shape index (κ3) is 2.39. The second-order valence-electron chi connectivity index (χ2n) is 6.06. The summed E-state index contributed by atoms with van der Waals surface area (Å²) in [6.45, 7) is 1.67. The zero-order valence-electron chi connectivity index (χ0n) is 11.3. The lowest BCUT2D eigenvalue weighted by Crippen LogP contribution is -2.68. The molecule has 1 fully saturated rings. The average molecular weight is 259 g/mol. The van der Waals surface area contributed by atoms with Gasteiger partial charge in [-0.15, -0.1) is 0 Å². The summed E-state index contributed by atoms with van der Waals surface area (Å²) in [6, 6.07) is 9.78. The molecule has 1 heterocycles. The standard InChI is InChI=1S/C15H21N3O/c1-18-10-14(16)8-7-13(15(17,9-14)11-18)19-12-5-3-2-4-6-12/h2-7H,8-11,16-17H2,1H3. The summed E-state index contributed by atoms with van der Waals surface area (Å²) in [6.07, 6.45) is 3.67. The maximum Gasteiger partial charge on any atom is 0.127 e. The first-order valence-corrected chi connectivity index (χ1v) is 6.69. The van der Waals surface area contributed by atoms with Crippen LogP contribution >= 0.6 is 0 Å². The molecule has 2 bridgehead atoms. The summed E-state index contributed by atoms with van der Waals surface area (Å²) in [7, 11) is 2.06. The molecule has 0 spiro atoms. The van der Waals surface area contributed by atoms with Crippen molar-refractivity contribution in [3.05, 3.63) is 42.2 Å². The molecule has 4 heteroatoms. The molecule has 2 aliphatic rings. The van der Waals surface area contributed by atoms with Crippen LogP contribution in [0.5, 0.6) is 5.75 Å². The SMILES string of the molecule is CN1CC2(N)CC=C(Oc3ccccc3)C(N)(C1)C2. The Kier molecular flexibility index (Phi) is 2.89. The first-order valence-electron chi connectivity index (χ1n) is 6.69. The molecule has 3 rings (SSSR count). The smallest absolute Gasteiger partial charge is 0.127 e. The van der Waals surface area contributed by atoms with Gasteiger partial charge in [0.25, 0.3) is 0 Å². The van der Waals surface area contributed by atoms with Crippen LogP contribution in [0.2, 0.25) is 0 Å². The van der Waals surface area contributed by atoms with Crippen LogP contribution < -0.4 is 16.2 Å². The first kappa shape index (κ1) is 12.7. The van der Waals surface area contributed by atoms with E-state index in [0.717, 1.165) is 37.4 Å². The number of hydrogen-bond acceptors (Lipinski definition) is 4. The number of piperidine rings is 1. The normalized spacial score (nSPS) is 34.8. The summed E-state index contributed by atoms with van der Waals surface area (Å²) < 4.78 is 5.99. The van der Waals surface area contributed by atoms with E-state index >= 15 is 0 Å². The van der Waals surface area contributed by atoms with Crippen molar-refractivity contribution >= 4 is 0 Å². The summed E-state index contributed by atoms with van der Waals surface area (Å²) in [5.74, 6) is 1.68. The van der Waals surface area contributed by atoms with Crippen LogP contribution in [-0.2, 0) is 0 Å². The van der Waals surface area contributed by atoms with Crippen LogP contribution in [0.15, 0.2) is 42.2 Å². The van der Waals surface area contributed by atoms with Crippen LogP contribution in [0, 0.1) is 0 Å². The highest BCUT2D eigenvalue weighted by Crippen LogP contribution is 2.38. The van der Waals surface area contributed by atoms with Crippen molar-refractivity contribution in [1.82, 2.24) is 4.90 Å². The zero-order chi connectivity index (χ0) is 13.5. The van der Waals surface area contributed by atoms with E-state index in [4.69, 9.17) is 16.2 Å². The van der Waals surface area contributed by atoms with Gasteiger partial charge in [0.15, 0.2) is 0 Å². The van der Waals surface area contributed by atoms with Gasteiger partial charge in [0.2, 0.25) is 0 Å². The van der Waals surface area contributed by atoms with Crippen LogP contribution in [0.3, 0.4) is 0 Å². The molecule has 1 aliphatic heterocycles. The summed E-state index contributed by atoms with van der Waals surface area (Å²) in [5, 5.41) is 0. The number of hydrogen-bond donors (Lipinski definition) is 2. The van der Waals surface area contributed by atoms with Gasteiger partial charge in [0, 0.05) is 18.6 Å². The molecule has 4 N–H and O–H groups in total. The van der Waals surface area contributed by atoms with Gasteiger partial charge in [0.05, 0.1) is 5.54 Å². The van der Waals surface area contributed by atoms with Gasteiger partial charge in [-0.05, 0) is 38.1 Å². The van der Waals surface area contributed by atoms with E-state index in [-0.39, 0.29) is 5.54 Å². The van der Waals surface area contributed by atoms with Crippen molar-refractivity contribution < 1.29 is 4.74 Å². The molecular weight excluding hydrogens is 238 g/mol. The van der Waals surface area contributed by atoms with Crippen molar-refractivity contribution in [2.45, 2.75) is 23.9 Å². The quantitative estimate of drug-likeness (QED) is 0.834. The predicted molar refractivity (Wildman–Crippen MR) is 75.7 cm³/mol. The van der Waals surface area contributed by atoms with Gasteiger partial charge in [0.1, 0.15) is 11.5 Å². The Bertz CT molecular complexity index is 501. The van der Waals surface area contributed by atoms with Crippen molar-refractivity contribution in [2.24, 2.45) is 11.5 Å². The second-order valence-corrected chi connectivity index (χ2v) is 6.06. The molecule has 0 aromatic heterocycles. The van der Waals surface area contributed by atoms with Crippen LogP contribution in [0.1, 0.15) is 12.8 Å². The molecule has 2 atom stereocenters. The highest BCUT2D eigenvalue weighted by atomic mass is 16.5. The number of fused-ring (bicyclic) bond motifs is 2. The number of nitrogens with two attached hydrogens (primary N) is 2. The molecular formula is C15H21N3O. The Morgan fingerprint density at radius 1 is 1.16 bits per heavy atom. The van der Waals surface area contributed by atoms with Crippen molar-refractivity contribution in [3.63, 3.8) is 0 Å². The summed E-state index contributed by atoms with van der Waals surface area (Å²) in [5.41, 5.74) is 12.3. The van der Waals surface area contributed by atoms with Crippen LogP contribution in [0.25, 0.3) is 0 Å². The van der Waals surface area contributed by atoms with E-state index in [1.165, 1.54) is 0 Å². The molecule has 1 saturated heterocycles. The van der Waals surface area contributed by atoms with E-state index in [0.29, 0.717) is 0 Å². The molecule has 1 aromatic carbocycles. The van der Waals surface area contributed by atoms with Gasteiger partial charge in [-0.3, -0.25) is 0 Å². The largest absolute Gasteiger partial charge is 0.460 e.